The number of piperazine rings is 1. The highest BCUT2D eigenvalue weighted by molar-refractivity contribution is 5.87. The lowest BCUT2D eigenvalue weighted by atomic mass is 9.86. The van der Waals surface area contributed by atoms with Gasteiger partial charge in [0.25, 0.3) is 0 Å². The molecule has 2 fully saturated rings. The maximum Gasteiger partial charge on any atom is 0.246 e. The molecule has 1 saturated heterocycles. The lowest BCUT2D eigenvalue weighted by Crippen LogP contribution is -2.60. The van der Waals surface area contributed by atoms with Gasteiger partial charge in [0.15, 0.2) is 0 Å². The first kappa shape index (κ1) is 18.9. The fourth-order valence-electron chi connectivity index (χ4n) is 3.54. The van der Waals surface area contributed by atoms with Crippen LogP contribution in [0.4, 0.5) is 0 Å². The minimum atomic E-state index is -0.624. The molecule has 3 atom stereocenters. The van der Waals surface area contributed by atoms with Crippen molar-refractivity contribution in [2.24, 2.45) is 0 Å². The molecule has 0 radical (unpaired) electrons. The molecule has 0 aromatic carbocycles. The lowest BCUT2D eigenvalue weighted by molar-refractivity contribution is -0.135. The van der Waals surface area contributed by atoms with Crippen LogP contribution < -0.4 is 5.32 Å². The number of nitrogens with one attached hydrogen (secondary N) is 1. The first-order chi connectivity index (χ1) is 11.4. The van der Waals surface area contributed by atoms with Gasteiger partial charge in [-0.25, -0.2) is 0 Å². The molecule has 0 spiro atoms. The van der Waals surface area contributed by atoms with E-state index in [-0.39, 0.29) is 23.9 Å². The van der Waals surface area contributed by atoms with Gasteiger partial charge in [0.2, 0.25) is 11.8 Å². The highest BCUT2D eigenvalue weighted by Crippen LogP contribution is 2.27. The Hall–Kier alpha value is -1.44. The molecule has 7 nitrogen and oxygen atoms in total. The van der Waals surface area contributed by atoms with Crippen molar-refractivity contribution < 1.29 is 14.7 Å². The number of aliphatic hydroxyl groups is 1. The van der Waals surface area contributed by atoms with Gasteiger partial charge < -0.3 is 20.2 Å². The summed E-state index contributed by atoms with van der Waals surface area (Å²) in [6, 6.07) is -0.263. The number of amides is 2. The number of aliphatic hydroxyl groups excluding tert-OH is 1. The van der Waals surface area contributed by atoms with Gasteiger partial charge in [0, 0.05) is 38.8 Å². The quantitative estimate of drug-likeness (QED) is 0.647. The van der Waals surface area contributed by atoms with Crippen molar-refractivity contribution in [1.29, 1.82) is 0 Å². The Kier molecular flexibility index (Phi) is 6.77. The van der Waals surface area contributed by atoms with E-state index in [1.807, 2.05) is 25.1 Å². The number of hydrogen-bond donors (Lipinski definition) is 2. The van der Waals surface area contributed by atoms with E-state index >= 15 is 0 Å². The molecular formula is C17H30N4O3. The van der Waals surface area contributed by atoms with Gasteiger partial charge in [-0.05, 0) is 33.4 Å². The predicted molar refractivity (Wildman–Crippen MR) is 92.5 cm³/mol. The Bertz CT molecular complexity index is 480. The topological polar surface area (TPSA) is 76.1 Å². The number of likely N-dealkylation sites (N-methyl/N-ethyl adjacent to an activating group) is 2. The zero-order chi connectivity index (χ0) is 17.7. The smallest absolute Gasteiger partial charge is 0.246 e. The van der Waals surface area contributed by atoms with Crippen molar-refractivity contribution in [3.63, 3.8) is 0 Å². The highest BCUT2D eigenvalue weighted by Gasteiger charge is 2.39. The van der Waals surface area contributed by atoms with Crippen LogP contribution in [0.25, 0.3) is 0 Å². The summed E-state index contributed by atoms with van der Waals surface area (Å²) in [5, 5.41) is 13.6. The third-order valence-electron chi connectivity index (χ3n) is 4.90. The van der Waals surface area contributed by atoms with Crippen LogP contribution >= 0.6 is 0 Å². The van der Waals surface area contributed by atoms with Crippen LogP contribution in [0.1, 0.15) is 19.3 Å². The van der Waals surface area contributed by atoms with E-state index in [0.717, 1.165) is 25.8 Å². The second-order valence-electron chi connectivity index (χ2n) is 6.99. The van der Waals surface area contributed by atoms with Gasteiger partial charge in [-0.3, -0.25) is 14.5 Å². The standard InChI is InChI=1S/C17H30N4O3/c1-19(2)10-5-8-16(23)20(3)13-6-4-7-14(17(13)24)21-11-9-18-15(22)12-21/h5,8,13-14,17,24H,4,6-7,9-12H2,1-3H3,(H,18,22)/b8-5+/t13-,14-,17-/m1/s1. The Morgan fingerprint density at radius 1 is 1.38 bits per heavy atom. The third kappa shape index (κ3) is 4.78. The van der Waals surface area contributed by atoms with E-state index in [1.165, 1.54) is 0 Å². The highest BCUT2D eigenvalue weighted by atomic mass is 16.3. The summed E-state index contributed by atoms with van der Waals surface area (Å²) in [5.41, 5.74) is 0. The average Bonchev–Trinajstić information content (AvgIpc) is 2.54. The Balaban J connectivity index is 1.97. The summed E-state index contributed by atoms with van der Waals surface area (Å²) in [5.74, 6) is -0.0791. The van der Waals surface area contributed by atoms with Gasteiger partial charge in [0.1, 0.15) is 0 Å². The molecule has 7 heteroatoms. The summed E-state index contributed by atoms with van der Waals surface area (Å²) in [6.45, 7) is 2.41. The van der Waals surface area contributed by atoms with Crippen molar-refractivity contribution in [2.75, 3.05) is 47.3 Å². The molecule has 0 bridgehead atoms. The zero-order valence-electron chi connectivity index (χ0n) is 14.9. The van der Waals surface area contributed by atoms with E-state index in [4.69, 9.17) is 0 Å². The van der Waals surface area contributed by atoms with Gasteiger partial charge in [0.05, 0.1) is 18.7 Å². The molecule has 1 saturated carbocycles. The molecule has 2 aliphatic rings. The maximum atomic E-state index is 12.3. The van der Waals surface area contributed by atoms with Gasteiger partial charge in [-0.2, -0.15) is 0 Å². The van der Waals surface area contributed by atoms with Crippen LogP contribution in [0.3, 0.4) is 0 Å². The lowest BCUT2D eigenvalue weighted by Gasteiger charge is -2.45. The molecule has 0 aromatic heterocycles. The minimum absolute atomic E-state index is 0.00613. The number of nitrogens with zero attached hydrogens (tertiary/aromatic N) is 3. The predicted octanol–water partition coefficient (Wildman–Crippen LogP) is -0.724. The van der Waals surface area contributed by atoms with E-state index in [2.05, 4.69) is 10.2 Å². The van der Waals surface area contributed by atoms with Crippen LogP contribution in [0.2, 0.25) is 0 Å². The molecule has 1 aliphatic heterocycles. The molecule has 1 heterocycles. The molecule has 0 aromatic rings. The van der Waals surface area contributed by atoms with E-state index < -0.39 is 6.10 Å². The van der Waals surface area contributed by atoms with Crippen LogP contribution in [-0.2, 0) is 9.59 Å². The summed E-state index contributed by atoms with van der Waals surface area (Å²) in [4.78, 5) is 29.6. The van der Waals surface area contributed by atoms with Crippen LogP contribution in [-0.4, -0.2) is 97.1 Å². The third-order valence-corrected chi connectivity index (χ3v) is 4.90. The minimum Gasteiger partial charge on any atom is -0.389 e. The largest absolute Gasteiger partial charge is 0.389 e. The van der Waals surface area contributed by atoms with Gasteiger partial charge >= 0.3 is 0 Å². The molecule has 2 rings (SSSR count). The number of carbonyl (C=O) groups is 2. The van der Waals surface area contributed by atoms with Crippen LogP contribution in [0.5, 0.6) is 0 Å². The average molecular weight is 338 g/mol. The summed E-state index contributed by atoms with van der Waals surface area (Å²) < 4.78 is 0. The second kappa shape index (κ2) is 8.60. The summed E-state index contributed by atoms with van der Waals surface area (Å²) in [6.07, 6.45) is 5.39. The molecule has 136 valence electrons. The fraction of sp³-hybridized carbons (Fsp3) is 0.765. The molecule has 2 N–H and O–H groups in total. The molecule has 0 unspecified atom stereocenters. The molecular weight excluding hydrogens is 308 g/mol. The van der Waals surface area contributed by atoms with Crippen molar-refractivity contribution in [2.45, 2.75) is 37.5 Å². The summed E-state index contributed by atoms with van der Waals surface area (Å²) >= 11 is 0. The van der Waals surface area contributed by atoms with Crippen molar-refractivity contribution in [1.82, 2.24) is 20.0 Å². The van der Waals surface area contributed by atoms with Gasteiger partial charge in [-0.15, -0.1) is 0 Å². The molecule has 24 heavy (non-hydrogen) atoms. The zero-order valence-corrected chi connectivity index (χ0v) is 14.9. The van der Waals surface area contributed by atoms with Crippen molar-refractivity contribution >= 4 is 11.8 Å². The number of rotatable bonds is 5. The molecule has 2 amide bonds. The van der Waals surface area contributed by atoms with E-state index in [9.17, 15) is 14.7 Å². The summed E-state index contributed by atoms with van der Waals surface area (Å²) in [7, 11) is 5.65. The normalized spacial score (nSPS) is 29.0. The van der Waals surface area contributed by atoms with Crippen LogP contribution in [0.15, 0.2) is 12.2 Å². The first-order valence-electron chi connectivity index (χ1n) is 8.67. The van der Waals surface area contributed by atoms with Crippen LogP contribution in [0, 0.1) is 0 Å². The first-order valence-corrected chi connectivity index (χ1v) is 8.67. The van der Waals surface area contributed by atoms with E-state index in [1.54, 1.807) is 18.0 Å². The van der Waals surface area contributed by atoms with Crippen molar-refractivity contribution in [3.05, 3.63) is 12.2 Å². The van der Waals surface area contributed by atoms with Crippen molar-refractivity contribution in [3.8, 4) is 0 Å². The number of hydrogen-bond acceptors (Lipinski definition) is 5. The number of carbonyl (C=O) groups excluding carboxylic acids is 2. The van der Waals surface area contributed by atoms with E-state index in [0.29, 0.717) is 19.6 Å². The SMILES string of the molecule is CN(C)C/C=C/C(=O)N(C)[C@@H]1CCC[C@@H](N2CCNC(=O)C2)[C@@H]1O. The Labute approximate surface area is 144 Å². The molecule has 1 aliphatic carbocycles. The fourth-order valence-corrected chi connectivity index (χ4v) is 3.54. The maximum absolute atomic E-state index is 12.3. The Morgan fingerprint density at radius 3 is 2.79 bits per heavy atom. The van der Waals surface area contributed by atoms with Gasteiger partial charge in [-0.1, -0.05) is 6.08 Å². The Morgan fingerprint density at radius 2 is 2.12 bits per heavy atom. The monoisotopic (exact) mass is 338 g/mol. The second-order valence-corrected chi connectivity index (χ2v) is 6.99.